The van der Waals surface area contributed by atoms with Gasteiger partial charge in [0.05, 0.1) is 0 Å². The third kappa shape index (κ3) is 3.14. The number of Topliss-reactive ketones (excluding diaryl/α,β-unsaturated/α-hetero) is 1. The molecule has 16 heavy (non-hydrogen) atoms. The van der Waals surface area contributed by atoms with Gasteiger partial charge < -0.3 is 5.32 Å². The number of piperidine rings is 1. The Hall–Kier alpha value is -1.22. The molecular formula is C13H18N2O. The molecule has 0 bridgehead atoms. The molecule has 1 aromatic heterocycles. The Labute approximate surface area is 96.3 Å². The molecule has 1 fully saturated rings. The molecule has 1 aromatic rings. The number of carbonyl (C=O) groups excluding carboxylic acids is 1. The zero-order chi connectivity index (χ0) is 11.2. The first-order chi connectivity index (χ1) is 7.86. The quantitative estimate of drug-likeness (QED) is 0.786. The van der Waals surface area contributed by atoms with Crippen LogP contribution in [-0.2, 0) is 0 Å². The number of nitrogens with zero attached hydrogens (tertiary/aromatic N) is 1. The molecule has 0 aromatic carbocycles. The predicted octanol–water partition coefficient (Wildman–Crippen LogP) is 2.04. The summed E-state index contributed by atoms with van der Waals surface area (Å²) < 4.78 is 0. The van der Waals surface area contributed by atoms with Crippen LogP contribution in [0.25, 0.3) is 0 Å². The third-order valence-electron chi connectivity index (χ3n) is 3.22. The summed E-state index contributed by atoms with van der Waals surface area (Å²) in [5.41, 5.74) is 0.747. The fraction of sp³-hybridized carbons (Fsp3) is 0.538. The molecule has 2 heterocycles. The minimum absolute atomic E-state index is 0.228. The van der Waals surface area contributed by atoms with Gasteiger partial charge in [0.2, 0.25) is 0 Å². The van der Waals surface area contributed by atoms with Crippen LogP contribution >= 0.6 is 0 Å². The van der Waals surface area contributed by atoms with Crippen molar-refractivity contribution in [2.75, 3.05) is 13.1 Å². The maximum absolute atomic E-state index is 11.8. The highest BCUT2D eigenvalue weighted by atomic mass is 16.1. The molecule has 0 radical (unpaired) electrons. The summed E-state index contributed by atoms with van der Waals surface area (Å²) >= 11 is 0. The smallest absolute Gasteiger partial charge is 0.164 e. The average molecular weight is 218 g/mol. The van der Waals surface area contributed by atoms with E-state index < -0.39 is 0 Å². The van der Waals surface area contributed by atoms with E-state index in [0.717, 1.165) is 31.0 Å². The number of ketones is 1. The molecule has 0 aliphatic carbocycles. The summed E-state index contributed by atoms with van der Waals surface area (Å²) in [7, 11) is 0. The largest absolute Gasteiger partial charge is 0.317 e. The van der Waals surface area contributed by atoms with E-state index in [4.69, 9.17) is 0 Å². The highest BCUT2D eigenvalue weighted by molar-refractivity contribution is 5.95. The Bertz CT molecular complexity index is 331. The topological polar surface area (TPSA) is 42.0 Å². The van der Waals surface area contributed by atoms with Crippen LogP contribution in [0.5, 0.6) is 0 Å². The number of carbonyl (C=O) groups is 1. The molecule has 2 rings (SSSR count). The van der Waals surface area contributed by atoms with Gasteiger partial charge in [0.1, 0.15) is 0 Å². The normalized spacial score (nSPS) is 17.2. The maximum atomic E-state index is 11.8. The summed E-state index contributed by atoms with van der Waals surface area (Å²) in [5, 5.41) is 3.34. The van der Waals surface area contributed by atoms with E-state index in [0.29, 0.717) is 6.42 Å². The fourth-order valence-corrected chi connectivity index (χ4v) is 2.18. The summed E-state index contributed by atoms with van der Waals surface area (Å²) in [6.45, 7) is 2.21. The third-order valence-corrected chi connectivity index (χ3v) is 3.22. The monoisotopic (exact) mass is 218 g/mol. The van der Waals surface area contributed by atoms with Crippen molar-refractivity contribution in [1.82, 2.24) is 10.3 Å². The van der Waals surface area contributed by atoms with Gasteiger partial charge in [-0.2, -0.15) is 0 Å². The maximum Gasteiger partial charge on any atom is 0.164 e. The van der Waals surface area contributed by atoms with Crippen molar-refractivity contribution in [2.24, 2.45) is 5.92 Å². The van der Waals surface area contributed by atoms with Gasteiger partial charge in [-0.1, -0.05) is 0 Å². The molecule has 0 spiro atoms. The van der Waals surface area contributed by atoms with E-state index in [2.05, 4.69) is 10.3 Å². The van der Waals surface area contributed by atoms with Gasteiger partial charge in [0.25, 0.3) is 0 Å². The molecule has 1 aliphatic rings. The van der Waals surface area contributed by atoms with E-state index >= 15 is 0 Å². The average Bonchev–Trinajstić information content (AvgIpc) is 2.38. The zero-order valence-corrected chi connectivity index (χ0v) is 9.48. The Morgan fingerprint density at radius 3 is 2.94 bits per heavy atom. The van der Waals surface area contributed by atoms with Crippen molar-refractivity contribution in [3.8, 4) is 0 Å². The van der Waals surface area contributed by atoms with Gasteiger partial charge in [-0.05, 0) is 50.4 Å². The summed E-state index contributed by atoms with van der Waals surface area (Å²) in [5.74, 6) is 0.952. The summed E-state index contributed by atoms with van der Waals surface area (Å²) in [6.07, 6.45) is 7.46. The molecule has 1 N–H and O–H groups in total. The summed E-state index contributed by atoms with van der Waals surface area (Å²) in [4.78, 5) is 15.8. The molecule has 0 unspecified atom stereocenters. The molecule has 0 saturated carbocycles. The number of rotatable bonds is 4. The minimum atomic E-state index is 0.228. The first-order valence-electron chi connectivity index (χ1n) is 6.00. The Morgan fingerprint density at radius 2 is 2.25 bits per heavy atom. The highest BCUT2D eigenvalue weighted by Crippen LogP contribution is 2.18. The van der Waals surface area contributed by atoms with Crippen LogP contribution in [0.3, 0.4) is 0 Å². The van der Waals surface area contributed by atoms with Crippen molar-refractivity contribution in [3.63, 3.8) is 0 Å². The molecule has 3 nitrogen and oxygen atoms in total. The first kappa shape index (κ1) is 11.3. The van der Waals surface area contributed by atoms with Crippen molar-refractivity contribution in [1.29, 1.82) is 0 Å². The van der Waals surface area contributed by atoms with Crippen molar-refractivity contribution < 1.29 is 4.79 Å². The summed E-state index contributed by atoms with van der Waals surface area (Å²) in [6, 6.07) is 3.66. The Balaban J connectivity index is 1.79. The number of aromatic nitrogens is 1. The Kier molecular flexibility index (Phi) is 4.05. The van der Waals surface area contributed by atoms with Crippen LogP contribution < -0.4 is 5.32 Å². The fourth-order valence-electron chi connectivity index (χ4n) is 2.18. The first-order valence-corrected chi connectivity index (χ1v) is 6.00. The molecule has 3 heteroatoms. The van der Waals surface area contributed by atoms with Gasteiger partial charge in [0, 0.05) is 24.4 Å². The predicted molar refractivity (Wildman–Crippen MR) is 63.4 cm³/mol. The lowest BCUT2D eigenvalue weighted by Gasteiger charge is -2.21. The lowest BCUT2D eigenvalue weighted by molar-refractivity contribution is 0.0970. The molecule has 0 amide bonds. The highest BCUT2D eigenvalue weighted by Gasteiger charge is 2.15. The number of nitrogens with one attached hydrogen (secondary N) is 1. The molecular weight excluding hydrogens is 200 g/mol. The van der Waals surface area contributed by atoms with Crippen LogP contribution in [-0.4, -0.2) is 23.9 Å². The van der Waals surface area contributed by atoms with E-state index in [1.54, 1.807) is 12.4 Å². The van der Waals surface area contributed by atoms with Crippen molar-refractivity contribution in [2.45, 2.75) is 25.7 Å². The molecule has 0 atom stereocenters. The Morgan fingerprint density at radius 1 is 1.44 bits per heavy atom. The van der Waals surface area contributed by atoms with Gasteiger partial charge in [-0.15, -0.1) is 0 Å². The van der Waals surface area contributed by atoms with Crippen LogP contribution in [0, 0.1) is 5.92 Å². The molecule has 1 aliphatic heterocycles. The lowest BCUT2D eigenvalue weighted by Crippen LogP contribution is -2.27. The van der Waals surface area contributed by atoms with Crippen molar-refractivity contribution in [3.05, 3.63) is 30.1 Å². The number of pyridine rings is 1. The SMILES string of the molecule is O=C(CCC1CCNCC1)c1cccnc1. The van der Waals surface area contributed by atoms with Gasteiger partial charge >= 0.3 is 0 Å². The van der Waals surface area contributed by atoms with E-state index in [9.17, 15) is 4.79 Å². The lowest BCUT2D eigenvalue weighted by atomic mass is 9.91. The molecule has 86 valence electrons. The number of hydrogen-bond acceptors (Lipinski definition) is 3. The van der Waals surface area contributed by atoms with Crippen LogP contribution in [0.4, 0.5) is 0 Å². The van der Waals surface area contributed by atoms with Crippen LogP contribution in [0.1, 0.15) is 36.0 Å². The van der Waals surface area contributed by atoms with Gasteiger partial charge in [0.15, 0.2) is 5.78 Å². The second-order valence-electron chi connectivity index (χ2n) is 4.40. The van der Waals surface area contributed by atoms with E-state index in [1.165, 1.54) is 12.8 Å². The second-order valence-corrected chi connectivity index (χ2v) is 4.40. The van der Waals surface area contributed by atoms with Crippen molar-refractivity contribution >= 4 is 5.78 Å². The van der Waals surface area contributed by atoms with E-state index in [1.807, 2.05) is 12.1 Å². The second kappa shape index (κ2) is 5.75. The van der Waals surface area contributed by atoms with Gasteiger partial charge in [-0.25, -0.2) is 0 Å². The molecule has 1 saturated heterocycles. The number of hydrogen-bond donors (Lipinski definition) is 1. The minimum Gasteiger partial charge on any atom is -0.317 e. The van der Waals surface area contributed by atoms with Gasteiger partial charge in [-0.3, -0.25) is 9.78 Å². The zero-order valence-electron chi connectivity index (χ0n) is 9.48. The van der Waals surface area contributed by atoms with Crippen LogP contribution in [0.15, 0.2) is 24.5 Å². The van der Waals surface area contributed by atoms with E-state index in [-0.39, 0.29) is 5.78 Å². The van der Waals surface area contributed by atoms with Crippen LogP contribution in [0.2, 0.25) is 0 Å². The standard InChI is InChI=1S/C13H18N2O/c16-13(12-2-1-7-15-10-12)4-3-11-5-8-14-9-6-11/h1-2,7,10-11,14H,3-6,8-9H2.